The van der Waals surface area contributed by atoms with E-state index >= 15 is 0 Å². The summed E-state index contributed by atoms with van der Waals surface area (Å²) < 4.78 is 5.41. The van der Waals surface area contributed by atoms with Crippen LogP contribution in [0.2, 0.25) is 0 Å². The van der Waals surface area contributed by atoms with Gasteiger partial charge in [-0.1, -0.05) is 6.07 Å². The Bertz CT molecular complexity index is 1290. The third-order valence-electron chi connectivity index (χ3n) is 6.58. The van der Waals surface area contributed by atoms with Crippen LogP contribution in [0, 0.1) is 6.92 Å². The lowest BCUT2D eigenvalue weighted by Gasteiger charge is -2.27. The first-order valence-electron chi connectivity index (χ1n) is 13.1. The molecule has 0 saturated carbocycles. The predicted molar refractivity (Wildman–Crippen MR) is 155 cm³/mol. The minimum Gasteiger partial charge on any atom is -0.378 e. The van der Waals surface area contributed by atoms with Crippen molar-refractivity contribution in [2.24, 2.45) is 0 Å². The van der Waals surface area contributed by atoms with Gasteiger partial charge in [-0.15, -0.1) is 0 Å². The molecule has 0 spiro atoms. The van der Waals surface area contributed by atoms with E-state index in [2.05, 4.69) is 30.4 Å². The second kappa shape index (κ2) is 13.2. The van der Waals surface area contributed by atoms with Crippen LogP contribution in [0.5, 0.6) is 0 Å². The van der Waals surface area contributed by atoms with Crippen LogP contribution in [0.15, 0.2) is 54.9 Å². The molecule has 3 aromatic rings. The maximum absolute atomic E-state index is 13.1. The lowest BCUT2D eigenvalue weighted by atomic mass is 10.1. The normalized spacial score (nSPS) is 13.3. The van der Waals surface area contributed by atoms with E-state index in [9.17, 15) is 9.59 Å². The fourth-order valence-electron chi connectivity index (χ4n) is 4.26. The van der Waals surface area contributed by atoms with Crippen molar-refractivity contribution in [2.45, 2.75) is 13.3 Å². The van der Waals surface area contributed by atoms with Gasteiger partial charge in [-0.3, -0.25) is 9.59 Å². The highest BCUT2D eigenvalue weighted by Crippen LogP contribution is 2.23. The molecule has 39 heavy (non-hydrogen) atoms. The Kier molecular flexibility index (Phi) is 9.45. The average Bonchev–Trinajstić information content (AvgIpc) is 2.95. The molecule has 0 atom stereocenters. The molecule has 0 aliphatic carbocycles. The van der Waals surface area contributed by atoms with Gasteiger partial charge in [0.1, 0.15) is 11.6 Å². The van der Waals surface area contributed by atoms with Crippen LogP contribution in [-0.4, -0.2) is 87.2 Å². The van der Waals surface area contributed by atoms with Crippen LogP contribution in [0.25, 0.3) is 0 Å². The number of aryl methyl sites for hydroxylation is 1. The van der Waals surface area contributed by atoms with Crippen LogP contribution in [0.4, 0.5) is 23.0 Å². The molecule has 2 N–H and O–H groups in total. The number of pyridine rings is 2. The smallest absolute Gasteiger partial charge is 0.255 e. The van der Waals surface area contributed by atoms with Gasteiger partial charge in [0.25, 0.3) is 11.8 Å². The Morgan fingerprint density at radius 2 is 1.59 bits per heavy atom. The maximum Gasteiger partial charge on any atom is 0.255 e. The number of hydrogen-bond donors (Lipinski definition) is 2. The van der Waals surface area contributed by atoms with E-state index in [0.717, 1.165) is 49.8 Å². The Hall–Kier alpha value is -4.02. The van der Waals surface area contributed by atoms with Gasteiger partial charge in [0.15, 0.2) is 0 Å². The molecule has 1 saturated heterocycles. The molecule has 4 rings (SSSR count). The Morgan fingerprint density at radius 3 is 2.33 bits per heavy atom. The molecule has 1 aromatic carbocycles. The molecular formula is C29H37N7O3. The summed E-state index contributed by atoms with van der Waals surface area (Å²) in [5, 5.41) is 5.92. The largest absolute Gasteiger partial charge is 0.378 e. The number of nitrogens with one attached hydrogen (secondary N) is 2. The molecule has 0 radical (unpaired) electrons. The summed E-state index contributed by atoms with van der Waals surface area (Å²) in [6.07, 6.45) is 4.28. The van der Waals surface area contributed by atoms with Gasteiger partial charge in [0.2, 0.25) is 0 Å². The molecule has 2 amide bonds. The summed E-state index contributed by atoms with van der Waals surface area (Å²) >= 11 is 0. The molecule has 0 bridgehead atoms. The molecule has 0 unspecified atom stereocenters. The molecule has 206 valence electrons. The van der Waals surface area contributed by atoms with Gasteiger partial charge in [-0.05, 0) is 75.9 Å². The number of rotatable bonds is 10. The highest BCUT2D eigenvalue weighted by Gasteiger charge is 2.16. The minimum absolute atomic E-state index is 0.240. The molecule has 1 aliphatic heterocycles. The summed E-state index contributed by atoms with van der Waals surface area (Å²) in [7, 11) is 6.07. The van der Waals surface area contributed by atoms with Crippen molar-refractivity contribution in [3.8, 4) is 0 Å². The van der Waals surface area contributed by atoms with Crippen LogP contribution >= 0.6 is 0 Å². The van der Waals surface area contributed by atoms with Crippen molar-refractivity contribution in [3.05, 3.63) is 71.5 Å². The number of benzene rings is 1. The Morgan fingerprint density at radius 1 is 0.897 bits per heavy atom. The third-order valence-corrected chi connectivity index (χ3v) is 6.58. The van der Waals surface area contributed by atoms with E-state index in [4.69, 9.17) is 4.74 Å². The van der Waals surface area contributed by atoms with E-state index in [-0.39, 0.29) is 11.8 Å². The number of anilines is 4. The zero-order chi connectivity index (χ0) is 27.8. The molecule has 3 heterocycles. The lowest BCUT2D eigenvalue weighted by Crippen LogP contribution is -2.36. The highest BCUT2D eigenvalue weighted by atomic mass is 16.5. The zero-order valence-corrected chi connectivity index (χ0v) is 23.1. The maximum atomic E-state index is 13.1. The van der Waals surface area contributed by atoms with E-state index in [1.54, 1.807) is 42.7 Å². The summed E-state index contributed by atoms with van der Waals surface area (Å²) in [5.74, 6) is 1.01. The number of aromatic nitrogens is 2. The number of morpholine rings is 1. The van der Waals surface area contributed by atoms with E-state index in [1.165, 1.54) is 0 Å². The molecule has 10 nitrogen and oxygen atoms in total. The number of nitrogens with zero attached hydrogens (tertiary/aromatic N) is 5. The number of carbonyl (C=O) groups excluding carboxylic acids is 2. The minimum atomic E-state index is -0.246. The topological polar surface area (TPSA) is 103 Å². The van der Waals surface area contributed by atoms with Gasteiger partial charge >= 0.3 is 0 Å². The summed E-state index contributed by atoms with van der Waals surface area (Å²) in [6, 6.07) is 12.4. The van der Waals surface area contributed by atoms with E-state index < -0.39 is 0 Å². The van der Waals surface area contributed by atoms with Crippen molar-refractivity contribution < 1.29 is 14.3 Å². The number of amides is 2. The van der Waals surface area contributed by atoms with Gasteiger partial charge < -0.3 is 30.1 Å². The van der Waals surface area contributed by atoms with Crippen LogP contribution in [0.1, 0.15) is 32.7 Å². The number of hydrogen-bond acceptors (Lipinski definition) is 8. The molecule has 2 aromatic heterocycles. The second-order valence-corrected chi connectivity index (χ2v) is 9.92. The predicted octanol–water partition coefficient (Wildman–Crippen LogP) is 3.51. The number of ether oxygens (including phenoxy) is 1. The quantitative estimate of drug-likeness (QED) is 0.410. The molecule has 1 aliphatic rings. The zero-order valence-electron chi connectivity index (χ0n) is 23.1. The van der Waals surface area contributed by atoms with Crippen LogP contribution in [-0.2, 0) is 4.74 Å². The first-order chi connectivity index (χ1) is 18.8. The van der Waals surface area contributed by atoms with Crippen LogP contribution in [0.3, 0.4) is 0 Å². The monoisotopic (exact) mass is 531 g/mol. The molecule has 10 heteroatoms. The highest BCUT2D eigenvalue weighted by molar-refractivity contribution is 6.07. The Balaban J connectivity index is 1.41. The third kappa shape index (κ3) is 7.75. The van der Waals surface area contributed by atoms with Gasteiger partial charge in [-0.25, -0.2) is 9.97 Å². The summed E-state index contributed by atoms with van der Waals surface area (Å²) in [6.45, 7) is 6.49. The fourth-order valence-corrected chi connectivity index (χ4v) is 4.26. The SMILES string of the molecule is Cc1ccc(NC(=O)c2ccnc(N3CCOCC3)c2)cc1NC(=O)c1ccnc(N(C)CCCN(C)C)c1. The lowest BCUT2D eigenvalue weighted by molar-refractivity contribution is 0.101. The van der Waals surface area contributed by atoms with Gasteiger partial charge in [-0.2, -0.15) is 0 Å². The first kappa shape index (κ1) is 28.0. The van der Waals surface area contributed by atoms with Crippen molar-refractivity contribution in [2.75, 3.05) is 81.0 Å². The molecular weight excluding hydrogens is 494 g/mol. The van der Waals surface area contributed by atoms with E-state index in [0.29, 0.717) is 35.7 Å². The van der Waals surface area contributed by atoms with Crippen molar-refractivity contribution in [1.82, 2.24) is 14.9 Å². The van der Waals surface area contributed by atoms with Gasteiger partial charge in [0, 0.05) is 61.6 Å². The van der Waals surface area contributed by atoms with Crippen LogP contribution < -0.4 is 20.4 Å². The summed E-state index contributed by atoms with van der Waals surface area (Å²) in [5.41, 5.74) is 3.12. The summed E-state index contributed by atoms with van der Waals surface area (Å²) in [4.78, 5) is 41.3. The standard InChI is InChI=1S/C29H37N7O3/c1-21-6-7-24(32-28(37)23-9-11-31-27(19-23)36-14-16-39-17-15-36)20-25(21)33-29(38)22-8-10-30-26(18-22)35(4)13-5-12-34(2)3/h6-11,18-20H,5,12-17H2,1-4H3,(H,32,37)(H,33,38). The molecule has 1 fully saturated rings. The van der Waals surface area contributed by atoms with Gasteiger partial charge in [0.05, 0.1) is 13.2 Å². The fraction of sp³-hybridized carbons (Fsp3) is 0.379. The number of carbonyl (C=O) groups is 2. The van der Waals surface area contributed by atoms with Crippen molar-refractivity contribution in [1.29, 1.82) is 0 Å². The van der Waals surface area contributed by atoms with E-state index in [1.807, 2.05) is 45.1 Å². The Labute approximate surface area is 230 Å². The van der Waals surface area contributed by atoms with Crippen molar-refractivity contribution >= 4 is 34.8 Å². The second-order valence-electron chi connectivity index (χ2n) is 9.92. The van der Waals surface area contributed by atoms with Crippen molar-refractivity contribution in [3.63, 3.8) is 0 Å². The first-order valence-corrected chi connectivity index (χ1v) is 13.1. The average molecular weight is 532 g/mol.